The van der Waals surface area contributed by atoms with Crippen molar-refractivity contribution >= 4 is 0 Å². The molecule has 0 bridgehead atoms. The van der Waals surface area contributed by atoms with Gasteiger partial charge >= 0.3 is 0 Å². The van der Waals surface area contributed by atoms with Gasteiger partial charge in [-0.3, -0.25) is 0 Å². The molecular formula is C12H16O3. The first-order valence-corrected chi connectivity index (χ1v) is 5.09. The molecule has 0 saturated heterocycles. The van der Waals surface area contributed by atoms with Crippen LogP contribution in [0.4, 0.5) is 0 Å². The molecule has 15 heavy (non-hydrogen) atoms. The number of phenols is 1. The highest BCUT2D eigenvalue weighted by atomic mass is 16.5. The van der Waals surface area contributed by atoms with Crippen LogP contribution >= 0.6 is 0 Å². The van der Waals surface area contributed by atoms with Crippen LogP contribution in [0, 0.1) is 13.8 Å². The Morgan fingerprint density at radius 3 is 2.33 bits per heavy atom. The molecule has 0 unspecified atom stereocenters. The predicted octanol–water partition coefficient (Wildman–Crippen LogP) is 2.00. The van der Waals surface area contributed by atoms with Gasteiger partial charge in [-0.15, -0.1) is 0 Å². The molecule has 0 aliphatic heterocycles. The van der Waals surface area contributed by atoms with Gasteiger partial charge in [-0.05, 0) is 37.8 Å². The van der Waals surface area contributed by atoms with Crippen molar-refractivity contribution in [1.82, 2.24) is 0 Å². The fourth-order valence-corrected chi connectivity index (χ4v) is 2.16. The predicted molar refractivity (Wildman–Crippen MR) is 57.3 cm³/mol. The van der Waals surface area contributed by atoms with E-state index in [1.165, 1.54) is 7.11 Å². The maximum Gasteiger partial charge on any atom is 0.164 e. The second-order valence-electron chi connectivity index (χ2n) is 4.30. The zero-order valence-electron chi connectivity index (χ0n) is 9.29. The molecule has 0 atom stereocenters. The summed E-state index contributed by atoms with van der Waals surface area (Å²) in [6, 6.07) is 1.93. The molecule has 82 valence electrons. The zero-order chi connectivity index (χ0) is 11.2. The molecule has 2 rings (SSSR count). The van der Waals surface area contributed by atoms with E-state index in [2.05, 4.69) is 0 Å². The third-order valence-electron chi connectivity index (χ3n) is 3.03. The average Bonchev–Trinajstić information content (AvgIpc) is 2.83. The van der Waals surface area contributed by atoms with Crippen molar-refractivity contribution in [1.29, 1.82) is 0 Å². The van der Waals surface area contributed by atoms with Gasteiger partial charge in [0.1, 0.15) is 0 Å². The molecule has 0 aromatic heterocycles. The molecule has 2 N–H and O–H groups in total. The number of methoxy groups -OCH3 is 1. The van der Waals surface area contributed by atoms with Crippen LogP contribution < -0.4 is 4.74 Å². The standard InChI is InChI=1S/C12H16O3/c1-7-6-8(2)11(15-3)10(13)9(7)12(14)4-5-12/h6,13-14H,4-5H2,1-3H3. The van der Waals surface area contributed by atoms with Crippen LogP contribution in [0.25, 0.3) is 0 Å². The van der Waals surface area contributed by atoms with Gasteiger partial charge in [0.05, 0.1) is 12.7 Å². The van der Waals surface area contributed by atoms with Gasteiger partial charge in [-0.25, -0.2) is 0 Å². The van der Waals surface area contributed by atoms with Crippen LogP contribution in [0.3, 0.4) is 0 Å². The SMILES string of the molecule is COc1c(C)cc(C)c(C2(O)CC2)c1O. The van der Waals surface area contributed by atoms with Gasteiger partial charge in [-0.2, -0.15) is 0 Å². The maximum absolute atomic E-state index is 10.1. The van der Waals surface area contributed by atoms with E-state index in [1.807, 2.05) is 19.9 Å². The van der Waals surface area contributed by atoms with E-state index < -0.39 is 5.60 Å². The van der Waals surface area contributed by atoms with Crippen LogP contribution in [-0.2, 0) is 5.60 Å². The van der Waals surface area contributed by atoms with Gasteiger partial charge in [0.15, 0.2) is 11.5 Å². The van der Waals surface area contributed by atoms with Crippen molar-refractivity contribution in [3.05, 3.63) is 22.8 Å². The third-order valence-corrected chi connectivity index (χ3v) is 3.03. The molecule has 3 nitrogen and oxygen atoms in total. The summed E-state index contributed by atoms with van der Waals surface area (Å²) in [6.07, 6.45) is 1.43. The second kappa shape index (κ2) is 3.14. The van der Waals surface area contributed by atoms with Crippen molar-refractivity contribution in [2.45, 2.75) is 32.3 Å². The molecule has 3 heteroatoms. The molecule has 0 amide bonds. The monoisotopic (exact) mass is 208 g/mol. The first-order chi connectivity index (χ1) is 6.99. The Hall–Kier alpha value is -1.22. The number of hydrogen-bond donors (Lipinski definition) is 2. The molecule has 1 fully saturated rings. The summed E-state index contributed by atoms with van der Waals surface area (Å²) in [7, 11) is 1.53. The minimum Gasteiger partial charge on any atom is -0.504 e. The molecular weight excluding hydrogens is 192 g/mol. The van der Waals surface area contributed by atoms with E-state index in [0.717, 1.165) is 11.1 Å². The summed E-state index contributed by atoms with van der Waals surface area (Å²) in [5.41, 5.74) is 1.62. The number of ether oxygens (including phenoxy) is 1. The van der Waals surface area contributed by atoms with Gasteiger partial charge in [0.25, 0.3) is 0 Å². The largest absolute Gasteiger partial charge is 0.504 e. The highest BCUT2D eigenvalue weighted by molar-refractivity contribution is 5.57. The number of hydrogen-bond acceptors (Lipinski definition) is 3. The lowest BCUT2D eigenvalue weighted by Crippen LogP contribution is -2.08. The number of aliphatic hydroxyl groups is 1. The topological polar surface area (TPSA) is 49.7 Å². The summed E-state index contributed by atoms with van der Waals surface area (Å²) in [4.78, 5) is 0. The number of aromatic hydroxyl groups is 1. The number of aryl methyl sites for hydroxylation is 2. The van der Waals surface area contributed by atoms with Gasteiger partial charge in [0, 0.05) is 5.56 Å². The Kier molecular flexibility index (Phi) is 2.15. The van der Waals surface area contributed by atoms with Crippen LogP contribution in [0.2, 0.25) is 0 Å². The Labute approximate surface area is 89.3 Å². The second-order valence-corrected chi connectivity index (χ2v) is 4.30. The normalized spacial score (nSPS) is 17.6. The third kappa shape index (κ3) is 1.47. The fourth-order valence-electron chi connectivity index (χ4n) is 2.16. The lowest BCUT2D eigenvalue weighted by Gasteiger charge is -2.18. The van der Waals surface area contributed by atoms with E-state index in [1.54, 1.807) is 0 Å². The van der Waals surface area contributed by atoms with Crippen molar-refractivity contribution in [2.75, 3.05) is 7.11 Å². The Morgan fingerprint density at radius 2 is 1.87 bits per heavy atom. The maximum atomic E-state index is 10.1. The molecule has 0 heterocycles. The van der Waals surface area contributed by atoms with E-state index in [-0.39, 0.29) is 5.75 Å². The summed E-state index contributed by atoms with van der Waals surface area (Å²) >= 11 is 0. The number of benzene rings is 1. The Balaban J connectivity index is 2.64. The molecule has 1 aliphatic carbocycles. The van der Waals surface area contributed by atoms with Gasteiger partial charge in [0.2, 0.25) is 0 Å². The van der Waals surface area contributed by atoms with Crippen molar-refractivity contribution < 1.29 is 14.9 Å². The van der Waals surface area contributed by atoms with Crippen molar-refractivity contribution in [3.8, 4) is 11.5 Å². The Morgan fingerprint density at radius 1 is 1.27 bits per heavy atom. The van der Waals surface area contributed by atoms with E-state index in [9.17, 15) is 10.2 Å². The lowest BCUT2D eigenvalue weighted by molar-refractivity contribution is 0.146. The van der Waals surface area contributed by atoms with E-state index >= 15 is 0 Å². The first kappa shape index (κ1) is 10.3. The van der Waals surface area contributed by atoms with Gasteiger partial charge < -0.3 is 14.9 Å². The van der Waals surface area contributed by atoms with Crippen LogP contribution in [0.15, 0.2) is 6.07 Å². The molecule has 0 spiro atoms. The van der Waals surface area contributed by atoms with E-state index in [4.69, 9.17) is 4.74 Å². The van der Waals surface area contributed by atoms with Crippen LogP contribution in [0.5, 0.6) is 11.5 Å². The summed E-state index contributed by atoms with van der Waals surface area (Å²) in [5.74, 6) is 0.561. The fraction of sp³-hybridized carbons (Fsp3) is 0.500. The molecule has 1 aliphatic rings. The molecule has 1 aromatic carbocycles. The summed E-state index contributed by atoms with van der Waals surface area (Å²) in [6.45, 7) is 3.78. The number of rotatable bonds is 2. The highest BCUT2D eigenvalue weighted by Gasteiger charge is 2.45. The van der Waals surface area contributed by atoms with Crippen molar-refractivity contribution in [3.63, 3.8) is 0 Å². The molecule has 1 aromatic rings. The van der Waals surface area contributed by atoms with Crippen molar-refractivity contribution in [2.24, 2.45) is 0 Å². The van der Waals surface area contributed by atoms with Crippen LogP contribution in [-0.4, -0.2) is 17.3 Å². The quantitative estimate of drug-likeness (QED) is 0.781. The Bertz CT molecular complexity index is 406. The van der Waals surface area contributed by atoms with Gasteiger partial charge in [-0.1, -0.05) is 6.07 Å². The summed E-state index contributed by atoms with van der Waals surface area (Å²) in [5, 5.41) is 20.1. The van der Waals surface area contributed by atoms with Crippen LogP contribution in [0.1, 0.15) is 29.5 Å². The zero-order valence-corrected chi connectivity index (χ0v) is 9.29. The lowest BCUT2D eigenvalue weighted by atomic mass is 9.97. The average molecular weight is 208 g/mol. The number of phenolic OH excluding ortho intramolecular Hbond substituents is 1. The first-order valence-electron chi connectivity index (χ1n) is 5.09. The minimum atomic E-state index is -0.824. The minimum absolute atomic E-state index is 0.0926. The smallest absolute Gasteiger partial charge is 0.164 e. The van der Waals surface area contributed by atoms with E-state index in [0.29, 0.717) is 24.2 Å². The summed E-state index contributed by atoms with van der Waals surface area (Å²) < 4.78 is 5.13. The molecule has 1 saturated carbocycles. The molecule has 0 radical (unpaired) electrons. The highest BCUT2D eigenvalue weighted by Crippen LogP contribution is 2.52.